The quantitative estimate of drug-likeness (QED) is 0.752. The second kappa shape index (κ2) is 7.21. The first-order valence-electron chi connectivity index (χ1n) is 8.19. The van der Waals surface area contributed by atoms with Crippen LogP contribution in [-0.4, -0.2) is 20.8 Å². The molecule has 0 fully saturated rings. The molecule has 0 saturated carbocycles. The lowest BCUT2D eigenvalue weighted by Crippen LogP contribution is -2.23. The molecule has 0 radical (unpaired) electrons. The van der Waals surface area contributed by atoms with Crippen LogP contribution in [0.25, 0.3) is 0 Å². The molecule has 0 bridgehead atoms. The summed E-state index contributed by atoms with van der Waals surface area (Å²) in [4.78, 5) is 12.3. The maximum Gasteiger partial charge on any atom is 0.255 e. The van der Waals surface area contributed by atoms with Crippen LogP contribution in [0.15, 0.2) is 54.6 Å². The summed E-state index contributed by atoms with van der Waals surface area (Å²) in [7, 11) is 0. The van der Waals surface area contributed by atoms with E-state index in [0.29, 0.717) is 13.1 Å². The van der Waals surface area contributed by atoms with Crippen molar-refractivity contribution in [1.29, 1.82) is 0 Å². The highest BCUT2D eigenvalue weighted by atomic mass is 16.3. The molecule has 0 spiro atoms. The van der Waals surface area contributed by atoms with Gasteiger partial charge in [0.25, 0.3) is 5.91 Å². The second-order valence-corrected chi connectivity index (χ2v) is 5.99. The van der Waals surface area contributed by atoms with Gasteiger partial charge in [0.05, 0.1) is 17.8 Å². The molecule has 0 aliphatic rings. The highest BCUT2D eigenvalue weighted by molar-refractivity contribution is 5.96. The third-order valence-electron chi connectivity index (χ3n) is 4.28. The second-order valence-electron chi connectivity index (χ2n) is 5.99. The van der Waals surface area contributed by atoms with Crippen LogP contribution in [0.5, 0.6) is 5.75 Å². The Morgan fingerprint density at radius 2 is 1.76 bits per heavy atom. The van der Waals surface area contributed by atoms with Gasteiger partial charge in [0, 0.05) is 17.8 Å². The molecular weight excluding hydrogens is 314 g/mol. The lowest BCUT2D eigenvalue weighted by atomic mass is 10.1. The maximum absolute atomic E-state index is 12.3. The largest absolute Gasteiger partial charge is 0.507 e. The van der Waals surface area contributed by atoms with Crippen molar-refractivity contribution >= 4 is 5.91 Å². The fourth-order valence-electron chi connectivity index (χ4n) is 2.83. The zero-order valence-corrected chi connectivity index (χ0v) is 14.4. The minimum absolute atomic E-state index is 0.0202. The number of rotatable bonds is 5. The molecule has 2 N–H and O–H groups in total. The predicted octanol–water partition coefficient (Wildman–Crippen LogP) is 3.18. The molecule has 1 heterocycles. The van der Waals surface area contributed by atoms with Crippen LogP contribution in [0.3, 0.4) is 0 Å². The first kappa shape index (κ1) is 16.8. The van der Waals surface area contributed by atoms with Gasteiger partial charge in [-0.25, -0.2) is 0 Å². The van der Waals surface area contributed by atoms with E-state index in [-0.39, 0.29) is 17.2 Å². The van der Waals surface area contributed by atoms with Gasteiger partial charge >= 0.3 is 0 Å². The molecule has 3 rings (SSSR count). The Bertz CT molecular complexity index is 885. The number of aromatic nitrogens is 2. The molecule has 0 unspecified atom stereocenters. The number of para-hydroxylation sites is 1. The van der Waals surface area contributed by atoms with Gasteiger partial charge in [-0.05, 0) is 31.5 Å². The summed E-state index contributed by atoms with van der Waals surface area (Å²) in [6, 6.07) is 16.7. The topological polar surface area (TPSA) is 67.2 Å². The van der Waals surface area contributed by atoms with Crippen molar-refractivity contribution in [3.63, 3.8) is 0 Å². The number of nitrogens with zero attached hydrogens (tertiary/aromatic N) is 2. The van der Waals surface area contributed by atoms with Crippen LogP contribution in [0.4, 0.5) is 0 Å². The normalized spacial score (nSPS) is 10.6. The Morgan fingerprint density at radius 3 is 2.48 bits per heavy atom. The number of nitrogens with one attached hydrogen (secondary N) is 1. The van der Waals surface area contributed by atoms with Gasteiger partial charge < -0.3 is 10.4 Å². The van der Waals surface area contributed by atoms with E-state index in [1.807, 2.05) is 36.7 Å². The summed E-state index contributed by atoms with van der Waals surface area (Å²) in [5.74, 6) is -0.319. The summed E-state index contributed by atoms with van der Waals surface area (Å²) >= 11 is 0. The minimum atomic E-state index is -0.298. The van der Waals surface area contributed by atoms with Crippen LogP contribution < -0.4 is 5.32 Å². The van der Waals surface area contributed by atoms with E-state index in [2.05, 4.69) is 22.5 Å². The van der Waals surface area contributed by atoms with Crippen molar-refractivity contribution < 1.29 is 9.90 Å². The average molecular weight is 335 g/mol. The van der Waals surface area contributed by atoms with Gasteiger partial charge in [-0.1, -0.05) is 42.5 Å². The zero-order chi connectivity index (χ0) is 17.8. The fraction of sp³-hybridized carbons (Fsp3) is 0.200. The third kappa shape index (κ3) is 3.71. The summed E-state index contributed by atoms with van der Waals surface area (Å²) in [6.07, 6.45) is 0. The summed E-state index contributed by atoms with van der Waals surface area (Å²) in [5.41, 5.74) is 4.37. The van der Waals surface area contributed by atoms with E-state index in [1.54, 1.807) is 18.2 Å². The van der Waals surface area contributed by atoms with Gasteiger partial charge in [-0.15, -0.1) is 0 Å². The number of carbonyl (C=O) groups excluding carboxylic acids is 1. The lowest BCUT2D eigenvalue weighted by Gasteiger charge is -2.08. The van der Waals surface area contributed by atoms with Crippen molar-refractivity contribution in [2.75, 3.05) is 0 Å². The van der Waals surface area contributed by atoms with Crippen molar-refractivity contribution in [2.24, 2.45) is 0 Å². The average Bonchev–Trinajstić information content (AvgIpc) is 2.87. The summed E-state index contributed by atoms with van der Waals surface area (Å²) in [5, 5.41) is 17.2. The van der Waals surface area contributed by atoms with Crippen molar-refractivity contribution in [3.05, 3.63) is 82.7 Å². The Balaban J connectivity index is 1.73. The van der Waals surface area contributed by atoms with Crippen molar-refractivity contribution in [2.45, 2.75) is 26.9 Å². The Kier molecular flexibility index (Phi) is 4.84. The smallest absolute Gasteiger partial charge is 0.255 e. The van der Waals surface area contributed by atoms with E-state index in [9.17, 15) is 9.90 Å². The number of phenolic OH excluding ortho intramolecular Hbond substituents is 1. The summed E-state index contributed by atoms with van der Waals surface area (Å²) < 4.78 is 1.95. The highest BCUT2D eigenvalue weighted by Gasteiger charge is 2.15. The molecule has 2 aromatic carbocycles. The van der Waals surface area contributed by atoms with Crippen LogP contribution in [-0.2, 0) is 13.1 Å². The number of hydrogen-bond acceptors (Lipinski definition) is 3. The molecule has 0 atom stereocenters. The monoisotopic (exact) mass is 335 g/mol. The molecule has 0 aliphatic carbocycles. The predicted molar refractivity (Wildman–Crippen MR) is 96.5 cm³/mol. The third-order valence-corrected chi connectivity index (χ3v) is 4.28. The Morgan fingerprint density at radius 1 is 1.08 bits per heavy atom. The first-order chi connectivity index (χ1) is 12.1. The van der Waals surface area contributed by atoms with Gasteiger partial charge in [-0.2, -0.15) is 5.10 Å². The lowest BCUT2D eigenvalue weighted by molar-refractivity contribution is 0.0948. The van der Waals surface area contributed by atoms with Crippen LogP contribution in [0, 0.1) is 13.8 Å². The van der Waals surface area contributed by atoms with E-state index in [1.165, 1.54) is 11.6 Å². The van der Waals surface area contributed by atoms with E-state index in [0.717, 1.165) is 17.0 Å². The number of aromatic hydroxyl groups is 1. The minimum Gasteiger partial charge on any atom is -0.507 e. The van der Waals surface area contributed by atoms with Gasteiger partial charge in [0.1, 0.15) is 5.75 Å². The molecule has 0 aliphatic heterocycles. The summed E-state index contributed by atoms with van der Waals surface area (Å²) in [6.45, 7) is 5.01. The van der Waals surface area contributed by atoms with Crippen molar-refractivity contribution in [3.8, 4) is 5.75 Å². The molecule has 0 saturated heterocycles. The number of amides is 1. The number of carbonyl (C=O) groups is 1. The van der Waals surface area contributed by atoms with E-state index >= 15 is 0 Å². The maximum atomic E-state index is 12.3. The number of aryl methyl sites for hydroxylation is 1. The van der Waals surface area contributed by atoms with Crippen molar-refractivity contribution in [1.82, 2.24) is 15.1 Å². The number of hydrogen-bond donors (Lipinski definition) is 2. The highest BCUT2D eigenvalue weighted by Crippen LogP contribution is 2.17. The number of phenols is 1. The van der Waals surface area contributed by atoms with Gasteiger partial charge in [0.15, 0.2) is 0 Å². The van der Waals surface area contributed by atoms with E-state index < -0.39 is 0 Å². The molecule has 5 heteroatoms. The van der Waals surface area contributed by atoms with Crippen LogP contribution >= 0.6 is 0 Å². The number of benzene rings is 2. The van der Waals surface area contributed by atoms with Crippen LogP contribution in [0.2, 0.25) is 0 Å². The fourth-order valence-corrected chi connectivity index (χ4v) is 2.83. The SMILES string of the molecule is Cc1nn(Cc2ccccc2)c(C)c1CNC(=O)c1ccccc1O. The Labute approximate surface area is 146 Å². The molecule has 5 nitrogen and oxygen atoms in total. The zero-order valence-electron chi connectivity index (χ0n) is 14.4. The van der Waals surface area contributed by atoms with Gasteiger partial charge in [0.2, 0.25) is 0 Å². The molecule has 1 amide bonds. The van der Waals surface area contributed by atoms with Crippen LogP contribution in [0.1, 0.15) is 32.9 Å². The molecular formula is C20H21N3O2. The standard InChI is InChI=1S/C20H21N3O2/c1-14-18(12-21-20(25)17-10-6-7-11-19(17)24)15(2)23(22-14)13-16-8-4-3-5-9-16/h3-11,24H,12-13H2,1-2H3,(H,21,25). The van der Waals surface area contributed by atoms with Gasteiger partial charge in [-0.3, -0.25) is 9.48 Å². The molecule has 128 valence electrons. The first-order valence-corrected chi connectivity index (χ1v) is 8.19. The molecule has 1 aromatic heterocycles. The Hall–Kier alpha value is -3.08. The molecule has 25 heavy (non-hydrogen) atoms. The van der Waals surface area contributed by atoms with E-state index in [4.69, 9.17) is 0 Å². The molecule has 3 aromatic rings.